The summed E-state index contributed by atoms with van der Waals surface area (Å²) in [7, 11) is 0. The van der Waals surface area contributed by atoms with Gasteiger partial charge >= 0.3 is 5.63 Å². The van der Waals surface area contributed by atoms with Crippen LogP contribution in [0.25, 0.3) is 11.0 Å². The molecule has 2 aromatic carbocycles. The third-order valence-electron chi connectivity index (χ3n) is 4.66. The Balaban J connectivity index is 1.99. The summed E-state index contributed by atoms with van der Waals surface area (Å²) < 4.78 is 11.5. The van der Waals surface area contributed by atoms with Crippen molar-refractivity contribution < 1.29 is 13.9 Å². The van der Waals surface area contributed by atoms with E-state index in [0.29, 0.717) is 28.5 Å². The molecule has 4 nitrogen and oxygen atoms in total. The van der Waals surface area contributed by atoms with E-state index in [1.807, 2.05) is 51.1 Å². The maximum absolute atomic E-state index is 12.3. The maximum Gasteiger partial charge on any atom is 0.340 e. The molecule has 1 aromatic heterocycles. The van der Waals surface area contributed by atoms with Crippen LogP contribution in [0.3, 0.4) is 0 Å². The zero-order valence-corrected chi connectivity index (χ0v) is 16.6. The maximum atomic E-state index is 12.3. The number of fused-ring (bicyclic) bond motifs is 1. The molecule has 0 aliphatic carbocycles. The summed E-state index contributed by atoms with van der Waals surface area (Å²) in [4.78, 5) is 23.8. The fraction of sp³-hybridized carbons (Fsp3) is 0.273. The van der Waals surface area contributed by atoms with Gasteiger partial charge in [0.25, 0.3) is 0 Å². The summed E-state index contributed by atoms with van der Waals surface area (Å²) >= 11 is 6.23. The van der Waals surface area contributed by atoms with Crippen molar-refractivity contribution in [3.05, 3.63) is 73.6 Å². The fourth-order valence-corrected chi connectivity index (χ4v) is 3.32. The van der Waals surface area contributed by atoms with Crippen molar-refractivity contribution in [3.63, 3.8) is 0 Å². The van der Waals surface area contributed by atoms with Crippen molar-refractivity contribution in [1.82, 2.24) is 0 Å². The standard InChI is InChI=1S/C22H21ClO4/c1-12-5-7-19(23)16(9-12)11-26-20-8-6-17-14(3)18(10-13(2)24)22(25)27-21(17)15(20)4/h5-9H,10-11H2,1-4H3. The molecular formula is C22H21ClO4. The van der Waals surface area contributed by atoms with Crippen LogP contribution in [0.4, 0.5) is 0 Å². The highest BCUT2D eigenvalue weighted by Crippen LogP contribution is 2.30. The van der Waals surface area contributed by atoms with Gasteiger partial charge in [0, 0.05) is 33.5 Å². The molecule has 0 radical (unpaired) electrons. The van der Waals surface area contributed by atoms with E-state index in [2.05, 4.69) is 0 Å². The first-order chi connectivity index (χ1) is 12.8. The van der Waals surface area contributed by atoms with Crippen LogP contribution in [0.2, 0.25) is 5.02 Å². The minimum absolute atomic E-state index is 0.0727. The van der Waals surface area contributed by atoms with E-state index in [1.54, 1.807) is 0 Å². The van der Waals surface area contributed by atoms with E-state index < -0.39 is 5.63 Å². The molecular weight excluding hydrogens is 364 g/mol. The van der Waals surface area contributed by atoms with Crippen LogP contribution in [-0.4, -0.2) is 5.78 Å². The largest absolute Gasteiger partial charge is 0.488 e. The van der Waals surface area contributed by atoms with Gasteiger partial charge in [0.15, 0.2) is 0 Å². The first kappa shape index (κ1) is 19.2. The van der Waals surface area contributed by atoms with Gasteiger partial charge in [-0.05, 0) is 51.5 Å². The van der Waals surface area contributed by atoms with Gasteiger partial charge in [-0.1, -0.05) is 29.3 Å². The number of rotatable bonds is 5. The minimum atomic E-state index is -0.475. The van der Waals surface area contributed by atoms with Crippen molar-refractivity contribution in [2.45, 2.75) is 40.7 Å². The van der Waals surface area contributed by atoms with Crippen LogP contribution in [-0.2, 0) is 17.8 Å². The second-order valence-corrected chi connectivity index (χ2v) is 7.23. The number of Topliss-reactive ketones (excluding diaryl/α,β-unsaturated/α-hetero) is 1. The van der Waals surface area contributed by atoms with E-state index >= 15 is 0 Å². The fourth-order valence-electron chi connectivity index (χ4n) is 3.15. The van der Waals surface area contributed by atoms with E-state index in [1.165, 1.54) is 6.92 Å². The summed E-state index contributed by atoms with van der Waals surface area (Å²) in [6.07, 6.45) is 0.0766. The molecule has 0 saturated heterocycles. The second kappa shape index (κ2) is 7.57. The van der Waals surface area contributed by atoms with E-state index in [0.717, 1.165) is 27.6 Å². The summed E-state index contributed by atoms with van der Waals surface area (Å²) in [5, 5.41) is 1.46. The van der Waals surface area contributed by atoms with Gasteiger partial charge < -0.3 is 9.15 Å². The third kappa shape index (κ3) is 3.91. The molecule has 3 rings (SSSR count). The van der Waals surface area contributed by atoms with Crippen LogP contribution in [0.15, 0.2) is 39.5 Å². The summed E-state index contributed by atoms with van der Waals surface area (Å²) in [6.45, 7) is 7.46. The number of ether oxygens (including phenoxy) is 1. The van der Waals surface area contributed by atoms with Crippen molar-refractivity contribution in [3.8, 4) is 5.75 Å². The molecule has 5 heteroatoms. The van der Waals surface area contributed by atoms with E-state index in [9.17, 15) is 9.59 Å². The zero-order valence-electron chi connectivity index (χ0n) is 15.8. The average Bonchev–Trinajstić information content (AvgIpc) is 2.61. The number of benzene rings is 2. The van der Waals surface area contributed by atoms with Gasteiger partial charge in [0.2, 0.25) is 0 Å². The molecule has 27 heavy (non-hydrogen) atoms. The number of hydrogen-bond donors (Lipinski definition) is 0. The molecule has 0 aliphatic rings. The molecule has 0 N–H and O–H groups in total. The number of halogens is 1. The zero-order chi connectivity index (χ0) is 19.7. The van der Waals surface area contributed by atoms with Crippen molar-refractivity contribution in [2.24, 2.45) is 0 Å². The monoisotopic (exact) mass is 384 g/mol. The topological polar surface area (TPSA) is 56.5 Å². The van der Waals surface area contributed by atoms with Gasteiger partial charge in [-0.15, -0.1) is 0 Å². The molecule has 3 aromatic rings. The molecule has 0 bridgehead atoms. The molecule has 0 fully saturated rings. The number of carbonyl (C=O) groups is 1. The predicted octanol–water partition coefficient (Wildman–Crippen LogP) is 5.08. The Kier molecular flexibility index (Phi) is 5.38. The minimum Gasteiger partial charge on any atom is -0.488 e. The second-order valence-electron chi connectivity index (χ2n) is 6.82. The molecule has 0 spiro atoms. The molecule has 0 saturated carbocycles. The molecule has 0 unspecified atom stereocenters. The number of ketones is 1. The molecule has 0 aliphatic heterocycles. The molecule has 0 atom stereocenters. The van der Waals surface area contributed by atoms with Crippen LogP contribution in [0.1, 0.15) is 34.7 Å². The first-order valence-corrected chi connectivity index (χ1v) is 9.09. The lowest BCUT2D eigenvalue weighted by molar-refractivity contribution is -0.116. The first-order valence-electron chi connectivity index (χ1n) is 8.71. The lowest BCUT2D eigenvalue weighted by Crippen LogP contribution is -2.14. The lowest BCUT2D eigenvalue weighted by Gasteiger charge is -2.14. The molecule has 1 heterocycles. The van der Waals surface area contributed by atoms with E-state index in [4.69, 9.17) is 20.8 Å². The normalized spacial score (nSPS) is 11.0. The van der Waals surface area contributed by atoms with Gasteiger partial charge in [0.1, 0.15) is 23.7 Å². The Morgan fingerprint density at radius 1 is 1.11 bits per heavy atom. The third-order valence-corrected chi connectivity index (χ3v) is 5.03. The molecule has 0 amide bonds. The van der Waals surface area contributed by atoms with Gasteiger partial charge in [-0.3, -0.25) is 4.79 Å². The van der Waals surface area contributed by atoms with Crippen LogP contribution < -0.4 is 10.4 Å². The predicted molar refractivity (Wildman–Crippen MR) is 107 cm³/mol. The highest BCUT2D eigenvalue weighted by Gasteiger charge is 2.16. The Morgan fingerprint density at radius 2 is 1.85 bits per heavy atom. The highest BCUT2D eigenvalue weighted by atomic mass is 35.5. The summed E-state index contributed by atoms with van der Waals surface area (Å²) in [5.74, 6) is 0.554. The number of aryl methyl sites for hydroxylation is 3. The van der Waals surface area contributed by atoms with Crippen LogP contribution in [0, 0.1) is 20.8 Å². The van der Waals surface area contributed by atoms with Crippen molar-refractivity contribution in [2.75, 3.05) is 0 Å². The number of hydrogen-bond acceptors (Lipinski definition) is 4. The van der Waals surface area contributed by atoms with Gasteiger partial charge in [0.05, 0.1) is 0 Å². The number of carbonyl (C=O) groups excluding carboxylic acids is 1. The Bertz CT molecular complexity index is 1100. The Labute approximate surface area is 162 Å². The molecule has 140 valence electrons. The smallest absolute Gasteiger partial charge is 0.340 e. The van der Waals surface area contributed by atoms with Crippen molar-refractivity contribution >= 4 is 28.4 Å². The SMILES string of the molecule is CC(=O)Cc1c(C)c2ccc(OCc3cc(C)ccc3Cl)c(C)c2oc1=O. The highest BCUT2D eigenvalue weighted by molar-refractivity contribution is 6.31. The Hall–Kier alpha value is -2.59. The van der Waals surface area contributed by atoms with Crippen molar-refractivity contribution in [1.29, 1.82) is 0 Å². The van der Waals surface area contributed by atoms with Crippen LogP contribution >= 0.6 is 11.6 Å². The summed E-state index contributed by atoms with van der Waals surface area (Å²) in [6, 6.07) is 9.49. The van der Waals surface area contributed by atoms with Gasteiger partial charge in [-0.2, -0.15) is 0 Å². The summed E-state index contributed by atoms with van der Waals surface area (Å²) in [5.41, 5.74) is 3.93. The average molecular weight is 385 g/mol. The van der Waals surface area contributed by atoms with Crippen LogP contribution in [0.5, 0.6) is 5.75 Å². The Morgan fingerprint density at radius 3 is 2.56 bits per heavy atom. The lowest BCUT2D eigenvalue weighted by atomic mass is 10.0. The van der Waals surface area contributed by atoms with E-state index in [-0.39, 0.29) is 12.2 Å². The van der Waals surface area contributed by atoms with Gasteiger partial charge in [-0.25, -0.2) is 4.79 Å². The quantitative estimate of drug-likeness (QED) is 0.575.